The molecular weight excluding hydrogens is 1020 g/mol. The van der Waals surface area contributed by atoms with Gasteiger partial charge < -0.3 is 97.0 Å². The fourth-order valence-corrected chi connectivity index (χ4v) is 15.6. The number of carbonyl (C=O) groups excluding carboxylic acids is 2. The molecule has 0 bridgehead atoms. The molecule has 9 rings (SSSR count). The van der Waals surface area contributed by atoms with E-state index in [9.17, 15) is 40.2 Å². The van der Waals surface area contributed by atoms with Gasteiger partial charge in [0.1, 0.15) is 53.4 Å². The molecule has 28 unspecified atom stereocenters. The highest BCUT2D eigenvalue weighted by Crippen LogP contribution is 2.71. The summed E-state index contributed by atoms with van der Waals surface area (Å²) in [5.41, 5.74) is -6.91. The number of aliphatic hydroxyl groups excluding tert-OH is 3. The van der Waals surface area contributed by atoms with Gasteiger partial charge in [0.2, 0.25) is 0 Å². The first-order chi connectivity index (χ1) is 36.7. The third-order valence-electron chi connectivity index (χ3n) is 20.1. The number of ether oxygens (including phenoxy) is 14. The van der Waals surface area contributed by atoms with Gasteiger partial charge in [0, 0.05) is 66.3 Å². The van der Waals surface area contributed by atoms with E-state index >= 15 is 0 Å². The van der Waals surface area contributed by atoms with Gasteiger partial charge in [0.05, 0.1) is 72.6 Å². The van der Waals surface area contributed by atoms with Gasteiger partial charge >= 0.3 is 5.97 Å². The standard InChI is InChI=1S/C56H90O22/c1-26-47(61)37(65-10)22-44(68-26)77-50-30(5)72-46(24-39(50)67-12)78-51-29(4)71-45(23-38(51)66-11)76-49-28(3)70-43(21-36(49)60)75-48-27(2)69-42(20-35(48)59)74-34-14-15-52(8)33(19-34)13-16-55(63)40(52)25-41(73-32(7)58)53(9)54(62,31(6)57)17-18-56(53,55)64/h13,26-30,34-51,59-64H,14-25H2,1-12H3. The third kappa shape index (κ3) is 10.7. The molecule has 22 nitrogen and oxygen atoms in total. The number of aliphatic hydroxyl groups is 6. The van der Waals surface area contributed by atoms with Crippen molar-refractivity contribution in [3.8, 4) is 0 Å². The van der Waals surface area contributed by atoms with E-state index in [1.807, 2.05) is 19.9 Å². The molecule has 0 radical (unpaired) electrons. The summed E-state index contributed by atoms with van der Waals surface area (Å²) >= 11 is 0. The Balaban J connectivity index is 0.747. The number of hydrogen-bond donors (Lipinski definition) is 6. The Kier molecular flexibility index (Phi) is 18.1. The molecule has 3 saturated carbocycles. The number of hydrogen-bond acceptors (Lipinski definition) is 22. The third-order valence-corrected chi connectivity index (χ3v) is 20.1. The van der Waals surface area contributed by atoms with Gasteiger partial charge in [0.15, 0.2) is 37.2 Å². The normalized spacial score (nSPS) is 52.6. The summed E-state index contributed by atoms with van der Waals surface area (Å²) in [6.45, 7) is 15.3. The first-order valence-electron chi connectivity index (χ1n) is 28.5. The van der Waals surface area contributed by atoms with Crippen molar-refractivity contribution in [1.29, 1.82) is 0 Å². The second-order valence-corrected chi connectivity index (χ2v) is 24.5. The van der Waals surface area contributed by atoms with E-state index in [4.69, 9.17) is 66.3 Å². The maximum absolute atomic E-state index is 13.0. The van der Waals surface area contributed by atoms with Crippen molar-refractivity contribution in [3.63, 3.8) is 0 Å². The van der Waals surface area contributed by atoms with Crippen LogP contribution < -0.4 is 0 Å². The van der Waals surface area contributed by atoms with Crippen molar-refractivity contribution in [2.45, 2.75) is 291 Å². The van der Waals surface area contributed by atoms with E-state index in [1.54, 1.807) is 49.0 Å². The van der Waals surface area contributed by atoms with Crippen molar-refractivity contribution in [2.24, 2.45) is 16.7 Å². The van der Waals surface area contributed by atoms with Crippen molar-refractivity contribution in [2.75, 3.05) is 21.3 Å². The highest BCUT2D eigenvalue weighted by molar-refractivity contribution is 5.87. The predicted molar refractivity (Wildman–Crippen MR) is 271 cm³/mol. The number of fused-ring (bicyclic) bond motifs is 5. The Morgan fingerprint density at radius 3 is 1.50 bits per heavy atom. The second-order valence-electron chi connectivity index (χ2n) is 24.5. The van der Waals surface area contributed by atoms with Crippen LogP contribution in [0.2, 0.25) is 0 Å². The Morgan fingerprint density at radius 1 is 0.577 bits per heavy atom. The highest BCUT2D eigenvalue weighted by Gasteiger charge is 2.81. The molecule has 22 heteroatoms. The largest absolute Gasteiger partial charge is 0.462 e. The van der Waals surface area contributed by atoms with Gasteiger partial charge in [-0.1, -0.05) is 18.6 Å². The zero-order chi connectivity index (χ0) is 56.6. The zero-order valence-electron chi connectivity index (χ0n) is 47.6. The molecule has 8 fully saturated rings. The zero-order valence-corrected chi connectivity index (χ0v) is 47.6. The van der Waals surface area contributed by atoms with E-state index in [1.165, 1.54) is 13.8 Å². The minimum absolute atomic E-state index is 0.0413. The molecule has 0 aromatic heterocycles. The Hall–Kier alpha value is -1.88. The maximum Gasteiger partial charge on any atom is 0.302 e. The average molecular weight is 1120 g/mol. The van der Waals surface area contributed by atoms with Crippen molar-refractivity contribution in [3.05, 3.63) is 11.6 Å². The summed E-state index contributed by atoms with van der Waals surface area (Å²) in [7, 11) is 4.76. The number of rotatable bonds is 15. The van der Waals surface area contributed by atoms with Crippen LogP contribution in [0, 0.1) is 16.7 Å². The fourth-order valence-electron chi connectivity index (χ4n) is 15.6. The molecule has 5 saturated heterocycles. The van der Waals surface area contributed by atoms with Crippen LogP contribution in [-0.2, 0) is 75.9 Å². The molecule has 5 heterocycles. The fraction of sp³-hybridized carbons (Fsp3) is 0.929. The SMILES string of the molecule is COC1CC(OC2C(C)OC(OC3C(C)OC(OC4C(O)CC(OC5C(O)CC(OC6CCC7(C)C(=CCC8(O)C7CC(OC(C)=O)C7(C)C(O)(C(C)=O)CCC87O)C6)OC5C)OC4C)CC3OC)CC2OC)OC(C)C1O. The quantitative estimate of drug-likeness (QED) is 0.102. The molecular formula is C56H90O22. The lowest BCUT2D eigenvalue weighted by Gasteiger charge is -2.67. The summed E-state index contributed by atoms with van der Waals surface area (Å²) in [5, 5.41) is 70.8. The summed E-state index contributed by atoms with van der Waals surface area (Å²) in [6.07, 6.45) is -9.49. The van der Waals surface area contributed by atoms with Crippen LogP contribution in [0.1, 0.15) is 139 Å². The monoisotopic (exact) mass is 1110 g/mol. The second kappa shape index (κ2) is 23.3. The molecule has 9 aliphatic rings. The lowest BCUT2D eigenvalue weighted by molar-refractivity contribution is -0.351. The molecule has 0 aromatic carbocycles. The first-order valence-corrected chi connectivity index (χ1v) is 28.5. The molecule has 0 aromatic rings. The van der Waals surface area contributed by atoms with Crippen LogP contribution in [0.3, 0.4) is 0 Å². The van der Waals surface area contributed by atoms with Gasteiger partial charge in [-0.15, -0.1) is 0 Å². The summed E-state index contributed by atoms with van der Waals surface area (Å²) < 4.78 is 86.7. The lowest BCUT2D eigenvalue weighted by Crippen LogP contribution is -2.78. The van der Waals surface area contributed by atoms with E-state index < -0.39 is 174 Å². The minimum Gasteiger partial charge on any atom is -0.462 e. The summed E-state index contributed by atoms with van der Waals surface area (Å²) in [6, 6.07) is 0. The van der Waals surface area contributed by atoms with Crippen LogP contribution in [0.4, 0.5) is 0 Å². The minimum atomic E-state index is -2.01. The number of carbonyl (C=O) groups is 2. The average Bonchev–Trinajstić information content (AvgIpc) is 3.86. The number of methoxy groups -OCH3 is 3. The number of ketones is 1. The van der Waals surface area contributed by atoms with Gasteiger partial charge in [-0.05, 0) is 98.8 Å². The van der Waals surface area contributed by atoms with Gasteiger partial charge in [0.25, 0.3) is 0 Å². The van der Waals surface area contributed by atoms with Crippen molar-refractivity contribution < 1.29 is 107 Å². The molecule has 78 heavy (non-hydrogen) atoms. The van der Waals surface area contributed by atoms with E-state index in [0.717, 1.165) is 5.57 Å². The Labute approximate surface area is 458 Å². The Bertz CT molecular complexity index is 2110. The molecule has 4 aliphatic carbocycles. The van der Waals surface area contributed by atoms with Crippen molar-refractivity contribution in [1.82, 2.24) is 0 Å². The smallest absolute Gasteiger partial charge is 0.302 e. The van der Waals surface area contributed by atoms with Crippen LogP contribution in [0.25, 0.3) is 0 Å². The molecule has 5 aliphatic heterocycles. The molecule has 6 N–H and O–H groups in total. The highest BCUT2D eigenvalue weighted by atomic mass is 16.8. The summed E-state index contributed by atoms with van der Waals surface area (Å²) in [5.74, 6) is -1.71. The first kappa shape index (κ1) is 60.7. The van der Waals surface area contributed by atoms with Crippen LogP contribution in [0.15, 0.2) is 11.6 Å². The van der Waals surface area contributed by atoms with E-state index in [0.29, 0.717) is 32.1 Å². The van der Waals surface area contributed by atoms with E-state index in [-0.39, 0.29) is 51.0 Å². The maximum atomic E-state index is 13.0. The molecule has 446 valence electrons. The predicted octanol–water partition coefficient (Wildman–Crippen LogP) is 2.77. The van der Waals surface area contributed by atoms with Gasteiger partial charge in [-0.3, -0.25) is 9.59 Å². The van der Waals surface area contributed by atoms with Crippen LogP contribution >= 0.6 is 0 Å². The van der Waals surface area contributed by atoms with Gasteiger partial charge in [-0.2, -0.15) is 0 Å². The topological polar surface area (TPSA) is 285 Å². The molecule has 0 amide bonds. The molecule has 0 spiro atoms. The summed E-state index contributed by atoms with van der Waals surface area (Å²) in [4.78, 5) is 25.6. The van der Waals surface area contributed by atoms with Crippen LogP contribution in [0.5, 0.6) is 0 Å². The molecule has 28 atom stereocenters. The van der Waals surface area contributed by atoms with Gasteiger partial charge in [-0.25, -0.2) is 0 Å². The lowest BCUT2D eigenvalue weighted by atomic mass is 9.42. The van der Waals surface area contributed by atoms with Crippen molar-refractivity contribution >= 4 is 11.8 Å². The van der Waals surface area contributed by atoms with E-state index in [2.05, 4.69) is 6.92 Å². The number of Topliss-reactive ketones (excluding diaryl/α,β-unsaturated/α-hetero) is 1. The Morgan fingerprint density at radius 2 is 1.03 bits per heavy atom. The number of esters is 1. The van der Waals surface area contributed by atoms with Crippen LogP contribution in [-0.4, -0.2) is 216 Å².